The average molecular weight is 352 g/mol. The van der Waals surface area contributed by atoms with Crippen LogP contribution in [0.2, 0.25) is 0 Å². The van der Waals surface area contributed by atoms with E-state index in [2.05, 4.69) is 28.2 Å². The van der Waals surface area contributed by atoms with E-state index >= 15 is 0 Å². The quantitative estimate of drug-likeness (QED) is 0.889. The maximum Gasteiger partial charge on any atom is 0.252 e. The highest BCUT2D eigenvalue weighted by Crippen LogP contribution is 2.49. The predicted molar refractivity (Wildman–Crippen MR) is 86.6 cm³/mol. The van der Waals surface area contributed by atoms with Crippen molar-refractivity contribution >= 4 is 21.8 Å². The Balaban J connectivity index is 1.68. The van der Waals surface area contributed by atoms with Crippen molar-refractivity contribution in [1.29, 1.82) is 0 Å². The van der Waals surface area contributed by atoms with Crippen LogP contribution in [0.5, 0.6) is 5.75 Å². The lowest BCUT2D eigenvalue weighted by atomic mass is 9.84. The number of rotatable bonds is 4. The summed E-state index contributed by atoms with van der Waals surface area (Å²) in [6, 6.07) is 5.73. The van der Waals surface area contributed by atoms with E-state index in [1.807, 2.05) is 12.1 Å². The molecule has 1 aromatic rings. The minimum absolute atomic E-state index is 0.0175. The van der Waals surface area contributed by atoms with Gasteiger partial charge in [-0.15, -0.1) is 0 Å². The SMILES string of the molecule is COc1ccc(Br)c(C(=O)N[C@@H](C)[C@@H]2C[C@H]3CC[C@H]2C3)c1. The molecule has 2 fully saturated rings. The average Bonchev–Trinajstić information content (AvgIpc) is 3.10. The molecule has 3 nitrogen and oxygen atoms in total. The van der Waals surface area contributed by atoms with Crippen molar-refractivity contribution < 1.29 is 9.53 Å². The lowest BCUT2D eigenvalue weighted by molar-refractivity contribution is 0.0914. The maximum absolute atomic E-state index is 12.5. The second kappa shape index (κ2) is 5.99. The van der Waals surface area contributed by atoms with E-state index in [0.29, 0.717) is 17.2 Å². The molecule has 0 saturated heterocycles. The van der Waals surface area contributed by atoms with Gasteiger partial charge in [-0.1, -0.05) is 6.42 Å². The third-order valence-electron chi connectivity index (χ3n) is 5.21. The largest absolute Gasteiger partial charge is 0.497 e. The van der Waals surface area contributed by atoms with Gasteiger partial charge in [0.2, 0.25) is 0 Å². The zero-order chi connectivity index (χ0) is 15.0. The molecule has 2 saturated carbocycles. The number of hydrogen-bond donors (Lipinski definition) is 1. The Bertz CT molecular complexity index is 546. The van der Waals surface area contributed by atoms with E-state index in [9.17, 15) is 4.79 Å². The second-order valence-corrected chi connectivity index (χ2v) is 7.30. The smallest absolute Gasteiger partial charge is 0.252 e. The molecule has 0 spiro atoms. The molecule has 4 atom stereocenters. The Morgan fingerprint density at radius 2 is 2.19 bits per heavy atom. The van der Waals surface area contributed by atoms with Crippen molar-refractivity contribution in [2.45, 2.75) is 38.6 Å². The molecule has 0 radical (unpaired) electrons. The third-order valence-corrected chi connectivity index (χ3v) is 5.90. The topological polar surface area (TPSA) is 38.3 Å². The highest BCUT2D eigenvalue weighted by Gasteiger charge is 2.42. The summed E-state index contributed by atoms with van der Waals surface area (Å²) < 4.78 is 6.01. The van der Waals surface area contributed by atoms with E-state index in [4.69, 9.17) is 4.74 Å². The predicted octanol–water partition coefficient (Wildman–Crippen LogP) is 4.01. The molecule has 114 valence electrons. The molecule has 4 heteroatoms. The van der Waals surface area contributed by atoms with E-state index in [-0.39, 0.29) is 11.9 Å². The number of benzene rings is 1. The molecule has 0 aromatic heterocycles. The summed E-state index contributed by atoms with van der Waals surface area (Å²) in [4.78, 5) is 12.5. The zero-order valence-electron chi connectivity index (χ0n) is 12.6. The second-order valence-electron chi connectivity index (χ2n) is 6.45. The number of carbonyl (C=O) groups is 1. The zero-order valence-corrected chi connectivity index (χ0v) is 14.2. The van der Waals surface area contributed by atoms with Crippen LogP contribution in [0.1, 0.15) is 43.0 Å². The summed E-state index contributed by atoms with van der Waals surface area (Å²) in [5, 5.41) is 3.19. The Hall–Kier alpha value is -1.03. The molecule has 2 aliphatic carbocycles. The number of carbonyl (C=O) groups excluding carboxylic acids is 1. The van der Waals surface area contributed by atoms with E-state index in [1.165, 1.54) is 25.7 Å². The fourth-order valence-corrected chi connectivity index (χ4v) is 4.53. The van der Waals surface area contributed by atoms with Crippen molar-refractivity contribution in [3.8, 4) is 5.75 Å². The van der Waals surface area contributed by atoms with Gasteiger partial charge in [-0.2, -0.15) is 0 Å². The van der Waals surface area contributed by atoms with Crippen LogP contribution in [0.4, 0.5) is 0 Å². The first-order valence-electron chi connectivity index (χ1n) is 7.73. The Kier molecular flexibility index (Phi) is 4.25. The summed E-state index contributed by atoms with van der Waals surface area (Å²) in [7, 11) is 1.61. The number of amides is 1. The van der Waals surface area contributed by atoms with Crippen LogP contribution in [0, 0.1) is 17.8 Å². The molecule has 2 bridgehead atoms. The molecule has 21 heavy (non-hydrogen) atoms. The van der Waals surface area contributed by atoms with Crippen LogP contribution >= 0.6 is 15.9 Å². The van der Waals surface area contributed by atoms with Crippen molar-refractivity contribution in [2.24, 2.45) is 17.8 Å². The van der Waals surface area contributed by atoms with Gasteiger partial charge in [0.05, 0.1) is 12.7 Å². The number of ether oxygens (including phenoxy) is 1. The number of halogens is 1. The summed E-state index contributed by atoms with van der Waals surface area (Å²) in [5.74, 6) is 3.06. The van der Waals surface area contributed by atoms with Gasteiger partial charge < -0.3 is 10.1 Å². The van der Waals surface area contributed by atoms with Crippen LogP contribution in [-0.4, -0.2) is 19.1 Å². The standard InChI is InChI=1S/C17H22BrNO2/c1-10(14-8-11-3-4-12(14)7-11)19-17(20)15-9-13(21-2)5-6-16(15)18/h5-6,9-12,14H,3-4,7-8H2,1-2H3,(H,19,20)/t10-,11-,12-,14-/m0/s1. The highest BCUT2D eigenvalue weighted by molar-refractivity contribution is 9.10. The number of methoxy groups -OCH3 is 1. The molecule has 1 amide bonds. The first-order chi connectivity index (χ1) is 10.1. The normalized spacial score (nSPS) is 28.4. The molecule has 0 aliphatic heterocycles. The molecule has 1 N–H and O–H groups in total. The van der Waals surface area contributed by atoms with Gasteiger partial charge in [-0.25, -0.2) is 0 Å². The molecular formula is C17H22BrNO2. The molecule has 0 heterocycles. The summed E-state index contributed by atoms with van der Waals surface area (Å²) in [6.45, 7) is 2.15. The molecule has 2 aliphatic rings. The fraction of sp³-hybridized carbons (Fsp3) is 0.588. The molecule has 3 rings (SSSR count). The van der Waals surface area contributed by atoms with Gasteiger partial charge in [-0.05, 0) is 78.1 Å². The van der Waals surface area contributed by atoms with Crippen molar-refractivity contribution in [3.63, 3.8) is 0 Å². The Morgan fingerprint density at radius 3 is 2.81 bits per heavy atom. The minimum Gasteiger partial charge on any atom is -0.497 e. The van der Waals surface area contributed by atoms with Gasteiger partial charge in [0.15, 0.2) is 0 Å². The van der Waals surface area contributed by atoms with Gasteiger partial charge in [0.1, 0.15) is 5.75 Å². The number of fused-ring (bicyclic) bond motifs is 2. The molecule has 1 aromatic carbocycles. The van der Waals surface area contributed by atoms with Crippen LogP contribution in [0.15, 0.2) is 22.7 Å². The minimum atomic E-state index is -0.0175. The van der Waals surface area contributed by atoms with Crippen molar-refractivity contribution in [1.82, 2.24) is 5.32 Å². The van der Waals surface area contributed by atoms with E-state index in [0.717, 1.165) is 16.3 Å². The van der Waals surface area contributed by atoms with Gasteiger partial charge >= 0.3 is 0 Å². The van der Waals surface area contributed by atoms with Gasteiger partial charge in [0, 0.05) is 10.5 Å². The first kappa shape index (κ1) is 14.9. The third kappa shape index (κ3) is 2.96. The van der Waals surface area contributed by atoms with Gasteiger partial charge in [-0.3, -0.25) is 4.79 Å². The summed E-state index contributed by atoms with van der Waals surface area (Å²) >= 11 is 3.45. The van der Waals surface area contributed by atoms with Crippen LogP contribution < -0.4 is 10.1 Å². The van der Waals surface area contributed by atoms with Gasteiger partial charge in [0.25, 0.3) is 5.91 Å². The Morgan fingerprint density at radius 1 is 1.38 bits per heavy atom. The van der Waals surface area contributed by atoms with Crippen LogP contribution in [-0.2, 0) is 0 Å². The van der Waals surface area contributed by atoms with E-state index < -0.39 is 0 Å². The highest BCUT2D eigenvalue weighted by atomic mass is 79.9. The molecular weight excluding hydrogens is 330 g/mol. The fourth-order valence-electron chi connectivity index (χ4n) is 4.10. The number of nitrogens with one attached hydrogen (secondary N) is 1. The first-order valence-corrected chi connectivity index (χ1v) is 8.52. The Labute approximate surface area is 134 Å². The number of hydrogen-bond acceptors (Lipinski definition) is 2. The lowest BCUT2D eigenvalue weighted by Crippen LogP contribution is -2.40. The van der Waals surface area contributed by atoms with Crippen molar-refractivity contribution in [3.05, 3.63) is 28.2 Å². The lowest BCUT2D eigenvalue weighted by Gasteiger charge is -2.28. The van der Waals surface area contributed by atoms with E-state index in [1.54, 1.807) is 13.2 Å². The van der Waals surface area contributed by atoms with Crippen LogP contribution in [0.25, 0.3) is 0 Å². The summed E-state index contributed by atoms with van der Waals surface area (Å²) in [6.07, 6.45) is 5.39. The molecule has 0 unspecified atom stereocenters. The maximum atomic E-state index is 12.5. The van der Waals surface area contributed by atoms with Crippen molar-refractivity contribution in [2.75, 3.05) is 7.11 Å². The van der Waals surface area contributed by atoms with Crippen LogP contribution in [0.3, 0.4) is 0 Å². The summed E-state index contributed by atoms with van der Waals surface area (Å²) in [5.41, 5.74) is 0.643. The monoisotopic (exact) mass is 351 g/mol.